The van der Waals surface area contributed by atoms with Gasteiger partial charge in [-0.25, -0.2) is 4.79 Å². The normalized spacial score (nSPS) is 51.5. The number of aliphatic hydroxyl groups is 13. The number of ether oxygens (including phenoxy) is 15. The lowest BCUT2D eigenvalue weighted by atomic mass is 9.33. The summed E-state index contributed by atoms with van der Waals surface area (Å²) < 4.78 is 90.1. The Kier molecular flexibility index (Phi) is 23.4. The Morgan fingerprint density at radius 1 is 0.549 bits per heavy atom. The predicted molar refractivity (Wildman–Crippen MR) is 338 cm³/mol. The third-order valence-corrected chi connectivity index (χ3v) is 25.5. The van der Waals surface area contributed by atoms with Crippen LogP contribution in [0.5, 0.6) is 0 Å². The lowest BCUT2D eigenvalue weighted by molar-refractivity contribution is -0.382. The minimum atomic E-state index is -2.04. The van der Waals surface area contributed by atoms with E-state index in [-0.39, 0.29) is 23.7 Å². The van der Waals surface area contributed by atoms with Crippen molar-refractivity contribution < 1.29 is 161 Å². The summed E-state index contributed by atoms with van der Waals surface area (Å²) in [5.74, 6) is -4.20. The zero-order valence-electron chi connectivity index (χ0n) is 59.3. The van der Waals surface area contributed by atoms with Gasteiger partial charge in [0.2, 0.25) is 6.29 Å². The molecule has 0 aromatic heterocycles. The molecule has 6 aliphatic heterocycles. The first-order valence-corrected chi connectivity index (χ1v) is 35.6. The number of carbonyl (C=O) groups excluding carboxylic acids is 5. The molecule has 6 saturated heterocycles. The van der Waals surface area contributed by atoms with Crippen molar-refractivity contribution >= 4 is 30.2 Å². The van der Waals surface area contributed by atoms with Gasteiger partial charge in [-0.15, -0.1) is 0 Å². The van der Waals surface area contributed by atoms with Gasteiger partial charge in [-0.3, -0.25) is 14.4 Å². The van der Waals surface area contributed by atoms with Crippen LogP contribution in [0.2, 0.25) is 0 Å². The van der Waals surface area contributed by atoms with E-state index in [2.05, 4.69) is 40.7 Å². The molecular weight excluding hydrogens is 1360 g/mol. The first-order chi connectivity index (χ1) is 47.8. The molecule has 0 radical (unpaired) electrons. The Morgan fingerprint density at radius 2 is 1.13 bits per heavy atom. The fourth-order valence-corrected chi connectivity index (χ4v) is 19.4. The van der Waals surface area contributed by atoms with Gasteiger partial charge in [0.05, 0.1) is 49.5 Å². The van der Waals surface area contributed by atoms with Crippen molar-refractivity contribution in [1.29, 1.82) is 0 Å². The zero-order valence-corrected chi connectivity index (χ0v) is 59.3. The maximum Gasteiger partial charge on any atom is 0.337 e. The molecule has 37 atom stereocenters. The molecule has 0 aromatic carbocycles. The zero-order chi connectivity index (χ0) is 74.6. The van der Waals surface area contributed by atoms with Crippen LogP contribution in [0.1, 0.15) is 133 Å². The Bertz CT molecular complexity index is 3030. The summed E-state index contributed by atoms with van der Waals surface area (Å²) in [4.78, 5) is 68.3. The summed E-state index contributed by atoms with van der Waals surface area (Å²) in [6, 6.07) is 0. The Balaban J connectivity index is 0.884. The van der Waals surface area contributed by atoms with Gasteiger partial charge in [-0.1, -0.05) is 53.2 Å². The molecule has 102 heavy (non-hydrogen) atoms. The minimum absolute atomic E-state index is 0.0743. The van der Waals surface area contributed by atoms with E-state index in [4.69, 9.17) is 71.1 Å². The van der Waals surface area contributed by atoms with Gasteiger partial charge < -0.3 is 142 Å². The third-order valence-electron chi connectivity index (χ3n) is 25.5. The van der Waals surface area contributed by atoms with E-state index in [1.165, 1.54) is 13.8 Å². The number of aliphatic hydroxyl groups excluding tert-OH is 13. The fourth-order valence-electron chi connectivity index (χ4n) is 19.4. The van der Waals surface area contributed by atoms with Crippen LogP contribution < -0.4 is 0 Å². The smallest absolute Gasteiger partial charge is 0.337 e. The maximum atomic E-state index is 16.2. The molecule has 10 fully saturated rings. The largest absolute Gasteiger partial charge is 0.467 e. The third kappa shape index (κ3) is 14.0. The van der Waals surface area contributed by atoms with E-state index < -0.39 is 255 Å². The summed E-state index contributed by atoms with van der Waals surface area (Å²) >= 11 is 0. The van der Waals surface area contributed by atoms with Crippen molar-refractivity contribution in [3.63, 3.8) is 0 Å². The van der Waals surface area contributed by atoms with Crippen LogP contribution in [0.25, 0.3) is 0 Å². The van der Waals surface area contributed by atoms with Crippen molar-refractivity contribution in [3.8, 4) is 0 Å². The first-order valence-electron chi connectivity index (χ1n) is 35.6. The van der Waals surface area contributed by atoms with E-state index in [0.29, 0.717) is 57.8 Å². The van der Waals surface area contributed by atoms with Crippen molar-refractivity contribution in [1.82, 2.24) is 0 Å². The van der Waals surface area contributed by atoms with Gasteiger partial charge in [-0.05, 0) is 117 Å². The molecule has 33 nitrogen and oxygen atoms in total. The molecule has 5 aliphatic carbocycles. The van der Waals surface area contributed by atoms with Gasteiger partial charge in [0.1, 0.15) is 117 Å². The molecule has 0 unspecified atom stereocenters. The van der Waals surface area contributed by atoms with Crippen LogP contribution in [-0.2, 0) is 95.0 Å². The van der Waals surface area contributed by atoms with E-state index in [0.717, 1.165) is 32.8 Å². The fraction of sp³-hybridized carbons (Fsp3) is 0.899. The molecule has 0 spiro atoms. The van der Waals surface area contributed by atoms with Gasteiger partial charge in [-0.2, -0.15) is 0 Å². The number of aldehydes is 1. The number of allylic oxidation sites excluding steroid dienone is 2. The highest BCUT2D eigenvalue weighted by atomic mass is 16.8. The van der Waals surface area contributed by atoms with E-state index in [1.807, 2.05) is 0 Å². The lowest BCUT2D eigenvalue weighted by Crippen LogP contribution is -2.68. The quantitative estimate of drug-likeness (QED) is 0.0221. The van der Waals surface area contributed by atoms with Gasteiger partial charge in [0, 0.05) is 13.8 Å². The first kappa shape index (κ1) is 79.4. The molecule has 0 amide bonds. The molecule has 0 aromatic rings. The lowest BCUT2D eigenvalue weighted by Gasteiger charge is -2.71. The van der Waals surface area contributed by atoms with Crippen LogP contribution in [0.4, 0.5) is 0 Å². The Labute approximate surface area is 590 Å². The second-order valence-corrected chi connectivity index (χ2v) is 32.0. The monoisotopic (exact) mass is 1460 g/mol. The summed E-state index contributed by atoms with van der Waals surface area (Å²) in [7, 11) is 1.05. The summed E-state index contributed by atoms with van der Waals surface area (Å²) in [6.45, 7) is 16.2. The highest BCUT2D eigenvalue weighted by Gasteiger charge is 2.71. The second kappa shape index (κ2) is 30.1. The molecule has 4 saturated carbocycles. The van der Waals surface area contributed by atoms with E-state index in [9.17, 15) is 85.6 Å². The van der Waals surface area contributed by atoms with Crippen LogP contribution >= 0.6 is 0 Å². The van der Waals surface area contributed by atoms with Crippen LogP contribution in [-0.4, -0.2) is 302 Å². The molecule has 580 valence electrons. The topological polar surface area (TPSA) is 487 Å². The molecule has 13 N–H and O–H groups in total. The molecule has 0 bridgehead atoms. The predicted octanol–water partition coefficient (Wildman–Crippen LogP) is -2.55. The van der Waals surface area contributed by atoms with Crippen molar-refractivity contribution in [2.45, 2.75) is 312 Å². The molecule has 11 aliphatic rings. The Hall–Kier alpha value is -3.67. The summed E-state index contributed by atoms with van der Waals surface area (Å²) in [6.07, 6.45) is -41.2. The van der Waals surface area contributed by atoms with Crippen LogP contribution in [0, 0.1) is 50.2 Å². The number of esters is 4. The number of carbonyl (C=O) groups is 5. The standard InChI is InChI=1S/C69H106O33/c1-27-50(97-57-46(82)39(75)33(74)24-90-57)45(81)49(85)58(91-27)101-55-54(100-59-47(83)41(77)35(95-59)25-89-29(3)72)51(93-30(4)73)28(2)92-62(55)102-63(87)69-20-18-64(5,6)22-32(69)31-12-13-37-65(7)16-15-38(66(8,26-71)36(65)14-17-68(37,10)67(31,9)19-21-69)96-61-53(44(80)43(79)52(98-61)56(86)88-11)99-60-48(84)42(78)40(76)34(23-70)94-60/h12,26-28,32-55,57-62,70,74-85H,13-25H2,1-11H3/t27-,28+,32-,33-,34+,35+,36-,37-,38-,39+,40+,41-,42+,43-,44+,45-,46-,47+,48-,49+,50-,51+,52-,53-,54+,55+,57-,58-,59-,60+,61-,62+,65-,66-,67-,68-,69+/m1/s1. The van der Waals surface area contributed by atoms with Crippen LogP contribution in [0.15, 0.2) is 11.6 Å². The number of methoxy groups -OCH3 is 1. The number of hydrogen-bond acceptors (Lipinski definition) is 33. The molecule has 11 rings (SSSR count). The van der Waals surface area contributed by atoms with Gasteiger partial charge >= 0.3 is 23.9 Å². The highest BCUT2D eigenvalue weighted by molar-refractivity contribution is 5.79. The number of rotatable bonds is 18. The maximum absolute atomic E-state index is 16.2. The van der Waals surface area contributed by atoms with Crippen molar-refractivity contribution in [2.75, 3.05) is 26.9 Å². The van der Waals surface area contributed by atoms with E-state index >= 15 is 4.79 Å². The van der Waals surface area contributed by atoms with Crippen LogP contribution in [0.3, 0.4) is 0 Å². The average Bonchev–Trinajstić information content (AvgIpc) is 0.769. The van der Waals surface area contributed by atoms with Crippen molar-refractivity contribution in [2.24, 2.45) is 50.2 Å². The SMILES string of the molecule is COC(=O)[C@@H]1O[C@@H](O[C@@H]2CC[C@@]3(C)[C@H]4CC=C5[C@H]6CC(C)(C)CC[C@]6(C(=O)O[C@@H]6O[C@@H](C)[C@H](OC(C)=O)[C@H](O[C@H]7O[C@@H](COC(C)=O)[C@@H](O)[C@@H]7O)[C@@H]6O[C@H]6O[C@H](C)[C@@H](O[C@H]7OC[C@@H](O)[C@H](O)[C@H]7O)[C@H](O)[C@@H]6O)CC[C@@]5(C)[C@]4(C)CC[C@H]3[C@@]2(C)C=O)[C@H](O[C@@H]2O[C@@H](CO)[C@H](O)[C@H](O)[C@H]2O)[C@@H](O)[C@H]1O. The number of hydrogen-bond donors (Lipinski definition) is 13. The second-order valence-electron chi connectivity index (χ2n) is 32.0. The van der Waals surface area contributed by atoms with E-state index in [1.54, 1.807) is 6.92 Å². The minimum Gasteiger partial charge on any atom is -0.467 e. The van der Waals surface area contributed by atoms with Gasteiger partial charge in [0.25, 0.3) is 0 Å². The average molecular weight is 1460 g/mol. The van der Waals surface area contributed by atoms with Crippen molar-refractivity contribution in [3.05, 3.63) is 11.6 Å². The highest BCUT2D eigenvalue weighted by Crippen LogP contribution is 2.76. The molecule has 6 heterocycles. The Morgan fingerprint density at radius 3 is 1.78 bits per heavy atom. The summed E-state index contributed by atoms with van der Waals surface area (Å²) in [5.41, 5.74) is -3.38. The number of fused-ring (bicyclic) bond motifs is 7. The van der Waals surface area contributed by atoms with Gasteiger partial charge in [0.15, 0.2) is 49.8 Å². The molecular formula is C69H106O33. The molecule has 33 heteroatoms. The summed E-state index contributed by atoms with van der Waals surface area (Å²) in [5, 5.41) is 143.